The fourth-order valence-corrected chi connectivity index (χ4v) is 1.19. The van der Waals surface area contributed by atoms with Crippen LogP contribution in [-0.2, 0) is 0 Å². The standard InChI is InChI=1S/C5H9NOS/c7-6-4-2-1-3-5(6)8/h5H,1-4H2/p+1. The second-order valence-corrected chi connectivity index (χ2v) is 2.71. The van der Waals surface area contributed by atoms with Crippen molar-refractivity contribution < 1.29 is 4.76 Å². The maximum Gasteiger partial charge on any atom is 0.243 e. The minimum absolute atomic E-state index is 0.0243. The van der Waals surface area contributed by atoms with Crippen LogP contribution in [0.15, 0.2) is 0 Å². The topological polar surface area (TPSA) is 20.1 Å². The van der Waals surface area contributed by atoms with Crippen molar-refractivity contribution in [2.75, 3.05) is 6.54 Å². The quantitative estimate of drug-likeness (QED) is 0.388. The molecule has 0 aromatic rings. The van der Waals surface area contributed by atoms with Gasteiger partial charge in [0, 0.05) is 22.5 Å². The summed E-state index contributed by atoms with van der Waals surface area (Å²) in [5, 5.41) is -0.0243. The molecule has 0 amide bonds. The first-order valence-electron chi connectivity index (χ1n) is 2.92. The molecule has 1 unspecified atom stereocenters. The van der Waals surface area contributed by atoms with Crippen molar-refractivity contribution in [1.82, 2.24) is 0 Å². The van der Waals surface area contributed by atoms with E-state index in [4.69, 9.17) is 0 Å². The van der Waals surface area contributed by atoms with Gasteiger partial charge in [0.15, 0.2) is 6.54 Å². The van der Waals surface area contributed by atoms with E-state index >= 15 is 0 Å². The van der Waals surface area contributed by atoms with E-state index in [0.29, 0.717) is 6.54 Å². The molecule has 1 aliphatic rings. The predicted molar refractivity (Wildman–Crippen MR) is 35.1 cm³/mol. The first kappa shape index (κ1) is 6.08. The molecule has 1 fully saturated rings. The molecule has 1 aliphatic heterocycles. The van der Waals surface area contributed by atoms with Gasteiger partial charge >= 0.3 is 0 Å². The lowest BCUT2D eigenvalue weighted by Gasteiger charge is -2.07. The number of hydrogen-bond acceptors (Lipinski definition) is 2. The van der Waals surface area contributed by atoms with E-state index < -0.39 is 0 Å². The highest BCUT2D eigenvalue weighted by atomic mass is 32.1. The normalized spacial score (nSPS) is 30.6. The number of nitroso groups, excluding NO2 is 1. The second-order valence-electron chi connectivity index (χ2n) is 2.12. The summed E-state index contributed by atoms with van der Waals surface area (Å²) in [7, 11) is 0. The maximum absolute atomic E-state index is 10.6. The Morgan fingerprint density at radius 1 is 1.50 bits per heavy atom. The third-order valence-electron chi connectivity index (χ3n) is 1.42. The molecule has 0 bridgehead atoms. The Morgan fingerprint density at radius 3 is 2.62 bits per heavy atom. The van der Waals surface area contributed by atoms with E-state index in [-0.39, 0.29) is 5.37 Å². The molecule has 0 aromatic heterocycles. The van der Waals surface area contributed by atoms with Crippen molar-refractivity contribution in [3.8, 4) is 0 Å². The summed E-state index contributed by atoms with van der Waals surface area (Å²) in [4.78, 5) is 10.6. The van der Waals surface area contributed by atoms with Gasteiger partial charge in [-0.1, -0.05) is 0 Å². The molecule has 2 nitrogen and oxygen atoms in total. The Labute approximate surface area is 54.3 Å². The van der Waals surface area contributed by atoms with Gasteiger partial charge in [0.05, 0.1) is 0 Å². The van der Waals surface area contributed by atoms with Gasteiger partial charge in [0.25, 0.3) is 0 Å². The van der Waals surface area contributed by atoms with Crippen LogP contribution < -0.4 is 0 Å². The van der Waals surface area contributed by atoms with Crippen molar-refractivity contribution >= 4 is 12.6 Å². The molecule has 1 atom stereocenters. The van der Waals surface area contributed by atoms with Crippen LogP contribution in [0.1, 0.15) is 19.3 Å². The van der Waals surface area contributed by atoms with Gasteiger partial charge < -0.3 is 0 Å². The molecule has 1 heterocycles. The Bertz CT molecular complexity index is 105. The lowest BCUT2D eigenvalue weighted by atomic mass is 10.2. The van der Waals surface area contributed by atoms with Crippen molar-refractivity contribution in [2.45, 2.75) is 24.6 Å². The Kier molecular flexibility index (Phi) is 1.89. The molecular weight excluding hydrogens is 122 g/mol. The molecule has 0 N–H and O–H groups in total. The fourth-order valence-electron chi connectivity index (χ4n) is 0.888. The average Bonchev–Trinajstić information content (AvgIpc) is 1.77. The van der Waals surface area contributed by atoms with Gasteiger partial charge in [-0.3, -0.25) is 0 Å². The Hall–Kier alpha value is -0.0500. The largest absolute Gasteiger partial charge is 0.243 e. The predicted octanol–water partition coefficient (Wildman–Crippen LogP) is 1.21. The van der Waals surface area contributed by atoms with Crippen LogP contribution in [0.2, 0.25) is 0 Å². The number of piperidine rings is 1. The van der Waals surface area contributed by atoms with Crippen LogP contribution >= 0.6 is 12.6 Å². The summed E-state index contributed by atoms with van der Waals surface area (Å²) in [6, 6.07) is 0. The first-order valence-corrected chi connectivity index (χ1v) is 3.44. The van der Waals surface area contributed by atoms with Crippen molar-refractivity contribution in [2.24, 2.45) is 0 Å². The molecular formula is C5H10NOS+. The van der Waals surface area contributed by atoms with E-state index in [2.05, 4.69) is 12.6 Å². The molecule has 0 aliphatic carbocycles. The molecule has 1 rings (SSSR count). The third-order valence-corrected chi connectivity index (χ3v) is 1.94. The highest BCUT2D eigenvalue weighted by Gasteiger charge is 2.23. The minimum Gasteiger partial charge on any atom is -0.102 e. The summed E-state index contributed by atoms with van der Waals surface area (Å²) < 4.78 is 1.05. The number of rotatable bonds is 0. The summed E-state index contributed by atoms with van der Waals surface area (Å²) >= 11 is 4.07. The van der Waals surface area contributed by atoms with Crippen LogP contribution in [0.5, 0.6) is 0 Å². The fraction of sp³-hybridized carbons (Fsp3) is 1.00. The maximum atomic E-state index is 10.6. The zero-order valence-electron chi connectivity index (χ0n) is 4.71. The zero-order valence-corrected chi connectivity index (χ0v) is 5.60. The van der Waals surface area contributed by atoms with Gasteiger partial charge in [-0.15, -0.1) is 12.6 Å². The highest BCUT2D eigenvalue weighted by molar-refractivity contribution is 7.80. The van der Waals surface area contributed by atoms with Crippen LogP contribution in [0, 0.1) is 4.91 Å². The van der Waals surface area contributed by atoms with Gasteiger partial charge in [-0.05, 0) is 6.42 Å². The van der Waals surface area contributed by atoms with E-state index in [1.807, 2.05) is 0 Å². The Balaban J connectivity index is 2.39. The highest BCUT2D eigenvalue weighted by Crippen LogP contribution is 2.13. The van der Waals surface area contributed by atoms with E-state index in [9.17, 15) is 4.91 Å². The van der Waals surface area contributed by atoms with Crippen LogP contribution in [0.3, 0.4) is 0 Å². The summed E-state index contributed by atoms with van der Waals surface area (Å²) in [6.07, 6.45) is 3.15. The SMILES string of the molecule is O=[N+]1CCCCC1S. The van der Waals surface area contributed by atoms with E-state index in [0.717, 1.165) is 24.0 Å². The van der Waals surface area contributed by atoms with E-state index in [1.54, 1.807) is 0 Å². The molecule has 0 saturated carbocycles. The summed E-state index contributed by atoms with van der Waals surface area (Å²) in [5.41, 5.74) is 0. The smallest absolute Gasteiger partial charge is 0.102 e. The second kappa shape index (κ2) is 2.49. The number of nitrogens with zero attached hydrogens (tertiary/aromatic N) is 1. The van der Waals surface area contributed by atoms with Crippen molar-refractivity contribution in [1.29, 1.82) is 0 Å². The van der Waals surface area contributed by atoms with Crippen LogP contribution in [0.4, 0.5) is 0 Å². The molecule has 3 heteroatoms. The van der Waals surface area contributed by atoms with Crippen molar-refractivity contribution in [3.05, 3.63) is 4.91 Å². The Morgan fingerprint density at radius 2 is 2.25 bits per heavy atom. The van der Waals surface area contributed by atoms with Gasteiger partial charge in [-0.2, -0.15) is 0 Å². The number of thiol groups is 1. The molecule has 46 valence electrons. The molecule has 8 heavy (non-hydrogen) atoms. The zero-order chi connectivity index (χ0) is 5.98. The number of hydrogen-bond donors (Lipinski definition) is 1. The van der Waals surface area contributed by atoms with Gasteiger partial charge in [0.2, 0.25) is 5.37 Å². The molecule has 0 aromatic carbocycles. The van der Waals surface area contributed by atoms with Crippen LogP contribution in [-0.4, -0.2) is 16.7 Å². The molecule has 0 spiro atoms. The molecule has 1 saturated heterocycles. The third kappa shape index (κ3) is 1.22. The minimum atomic E-state index is -0.0243. The van der Waals surface area contributed by atoms with Gasteiger partial charge in [0.1, 0.15) is 0 Å². The lowest BCUT2D eigenvalue weighted by Crippen LogP contribution is -2.24. The average molecular weight is 132 g/mol. The monoisotopic (exact) mass is 132 g/mol. The first-order chi connectivity index (χ1) is 3.80. The summed E-state index contributed by atoms with van der Waals surface area (Å²) in [5.74, 6) is 0. The molecule has 0 radical (unpaired) electrons. The van der Waals surface area contributed by atoms with E-state index in [1.165, 1.54) is 0 Å². The van der Waals surface area contributed by atoms with Gasteiger partial charge in [-0.25, -0.2) is 0 Å². The van der Waals surface area contributed by atoms with Crippen molar-refractivity contribution in [3.63, 3.8) is 0 Å². The summed E-state index contributed by atoms with van der Waals surface area (Å²) in [6.45, 7) is 0.675. The lowest BCUT2D eigenvalue weighted by molar-refractivity contribution is -0.571. The van der Waals surface area contributed by atoms with Crippen LogP contribution in [0.25, 0.3) is 0 Å².